The Morgan fingerprint density at radius 2 is 1.88 bits per heavy atom. The van der Waals surface area contributed by atoms with Crippen LogP contribution >= 0.6 is 11.6 Å². The molecule has 4 rings (SSSR count). The average Bonchev–Trinajstić information content (AvgIpc) is 3.35. The zero-order valence-corrected chi connectivity index (χ0v) is 19.4. The predicted molar refractivity (Wildman–Crippen MR) is 127 cm³/mol. The smallest absolute Gasteiger partial charge is 0.295 e. The van der Waals surface area contributed by atoms with Gasteiger partial charge in [-0.2, -0.15) is 0 Å². The number of fused-ring (bicyclic) bond motifs is 1. The van der Waals surface area contributed by atoms with Gasteiger partial charge >= 0.3 is 0 Å². The molecule has 33 heavy (non-hydrogen) atoms. The van der Waals surface area contributed by atoms with E-state index in [2.05, 4.69) is 4.98 Å². The molecule has 0 spiro atoms. The zero-order valence-electron chi connectivity index (χ0n) is 18.6. The lowest BCUT2D eigenvalue weighted by Crippen LogP contribution is -2.30. The van der Waals surface area contributed by atoms with Crippen molar-refractivity contribution < 1.29 is 24.2 Å². The SMILES string of the molecule is CCCCN1C(=O)C(=O)/C(=C(/O)c2cc(Cl)c(OC)cc2OC)C1c1c[nH]c2ccccc12. The molecule has 0 radical (unpaired) electrons. The largest absolute Gasteiger partial charge is 0.507 e. The van der Waals surface area contributed by atoms with Gasteiger partial charge in [-0.1, -0.05) is 43.1 Å². The summed E-state index contributed by atoms with van der Waals surface area (Å²) in [5.41, 5.74) is 1.82. The van der Waals surface area contributed by atoms with E-state index in [-0.39, 0.29) is 27.7 Å². The maximum atomic E-state index is 13.2. The van der Waals surface area contributed by atoms with Gasteiger partial charge in [0.2, 0.25) is 0 Å². The maximum absolute atomic E-state index is 13.2. The van der Waals surface area contributed by atoms with E-state index in [4.69, 9.17) is 21.1 Å². The molecule has 7 nitrogen and oxygen atoms in total. The van der Waals surface area contributed by atoms with Gasteiger partial charge in [0.25, 0.3) is 11.7 Å². The van der Waals surface area contributed by atoms with Gasteiger partial charge in [0.15, 0.2) is 0 Å². The van der Waals surface area contributed by atoms with Crippen LogP contribution in [0, 0.1) is 0 Å². The Kier molecular flexibility index (Phi) is 6.33. The Bertz CT molecular complexity index is 1260. The van der Waals surface area contributed by atoms with Gasteiger partial charge in [-0.25, -0.2) is 0 Å². The number of unbranched alkanes of at least 4 members (excludes halogenated alkanes) is 1. The lowest BCUT2D eigenvalue weighted by Gasteiger charge is -2.25. The number of carbonyl (C=O) groups excluding carboxylic acids is 2. The van der Waals surface area contributed by atoms with Crippen molar-refractivity contribution in [3.05, 3.63) is 64.3 Å². The number of para-hydroxylation sites is 1. The van der Waals surface area contributed by atoms with E-state index >= 15 is 0 Å². The molecule has 3 aromatic rings. The molecule has 1 atom stereocenters. The second kappa shape index (κ2) is 9.19. The lowest BCUT2D eigenvalue weighted by molar-refractivity contribution is -0.139. The number of nitrogens with one attached hydrogen (secondary N) is 1. The van der Waals surface area contributed by atoms with Crippen LogP contribution in [0.25, 0.3) is 16.7 Å². The molecule has 1 unspecified atom stereocenters. The molecule has 172 valence electrons. The van der Waals surface area contributed by atoms with Crippen LogP contribution in [0.15, 0.2) is 48.2 Å². The molecule has 1 saturated heterocycles. The number of likely N-dealkylation sites (tertiary alicyclic amines) is 1. The van der Waals surface area contributed by atoms with Crippen LogP contribution < -0.4 is 9.47 Å². The quantitative estimate of drug-likeness (QED) is 0.287. The van der Waals surface area contributed by atoms with Gasteiger partial charge in [0.1, 0.15) is 17.3 Å². The van der Waals surface area contributed by atoms with E-state index in [0.717, 1.165) is 29.3 Å². The van der Waals surface area contributed by atoms with Crippen LogP contribution in [-0.4, -0.2) is 47.4 Å². The number of benzene rings is 2. The molecule has 1 fully saturated rings. The summed E-state index contributed by atoms with van der Waals surface area (Å²) in [4.78, 5) is 31.0. The highest BCUT2D eigenvalue weighted by Gasteiger charge is 2.46. The number of ether oxygens (including phenoxy) is 2. The highest BCUT2D eigenvalue weighted by atomic mass is 35.5. The highest BCUT2D eigenvalue weighted by molar-refractivity contribution is 6.46. The third-order valence-electron chi connectivity index (χ3n) is 5.94. The third kappa shape index (κ3) is 3.82. The topological polar surface area (TPSA) is 91.9 Å². The van der Waals surface area contributed by atoms with Crippen LogP contribution in [-0.2, 0) is 9.59 Å². The van der Waals surface area contributed by atoms with Crippen LogP contribution in [0.2, 0.25) is 5.02 Å². The number of aliphatic hydroxyl groups is 1. The number of nitrogens with zero attached hydrogens (tertiary/aromatic N) is 1. The molecule has 1 aliphatic rings. The maximum Gasteiger partial charge on any atom is 0.295 e. The van der Waals surface area contributed by atoms with Gasteiger partial charge < -0.3 is 24.5 Å². The highest BCUT2D eigenvalue weighted by Crippen LogP contribution is 2.44. The van der Waals surface area contributed by atoms with E-state index in [1.807, 2.05) is 31.2 Å². The Morgan fingerprint density at radius 1 is 1.15 bits per heavy atom. The first-order chi connectivity index (χ1) is 15.9. The molecule has 0 aliphatic carbocycles. The summed E-state index contributed by atoms with van der Waals surface area (Å²) >= 11 is 6.30. The fourth-order valence-electron chi connectivity index (χ4n) is 4.27. The summed E-state index contributed by atoms with van der Waals surface area (Å²) in [5.74, 6) is -1.09. The van der Waals surface area contributed by atoms with E-state index in [1.165, 1.54) is 31.3 Å². The Labute approximate surface area is 196 Å². The summed E-state index contributed by atoms with van der Waals surface area (Å²) < 4.78 is 10.7. The number of methoxy groups -OCH3 is 2. The molecule has 1 amide bonds. The molecule has 2 heterocycles. The number of hydrogen-bond donors (Lipinski definition) is 2. The number of Topliss-reactive ketones (excluding diaryl/α,β-unsaturated/α-hetero) is 1. The molecular weight excluding hydrogens is 444 g/mol. The number of rotatable bonds is 7. The summed E-state index contributed by atoms with van der Waals surface area (Å²) in [6.07, 6.45) is 3.36. The second-order valence-electron chi connectivity index (χ2n) is 7.82. The normalized spacial score (nSPS) is 17.7. The van der Waals surface area contributed by atoms with E-state index in [1.54, 1.807) is 6.20 Å². The number of amides is 1. The summed E-state index contributed by atoms with van der Waals surface area (Å²) in [6.45, 7) is 2.41. The minimum absolute atomic E-state index is 0.000361. The van der Waals surface area contributed by atoms with E-state index < -0.39 is 17.7 Å². The summed E-state index contributed by atoms with van der Waals surface area (Å²) in [7, 11) is 2.91. The minimum atomic E-state index is -0.752. The predicted octanol–water partition coefficient (Wildman–Crippen LogP) is 5.06. The van der Waals surface area contributed by atoms with Crippen molar-refractivity contribution >= 4 is 40.0 Å². The molecular formula is C25H25ClN2O5. The fraction of sp³-hybridized carbons (Fsp3) is 0.280. The van der Waals surface area contributed by atoms with Crippen LogP contribution in [0.1, 0.15) is 36.9 Å². The molecule has 2 aromatic carbocycles. The summed E-state index contributed by atoms with van der Waals surface area (Å²) in [6, 6.07) is 9.89. The van der Waals surface area contributed by atoms with E-state index in [0.29, 0.717) is 12.3 Å². The first-order valence-corrected chi connectivity index (χ1v) is 11.1. The Balaban J connectivity index is 1.96. The van der Waals surface area contributed by atoms with Crippen molar-refractivity contribution in [2.75, 3.05) is 20.8 Å². The minimum Gasteiger partial charge on any atom is -0.507 e. The van der Waals surface area contributed by atoms with Crippen molar-refractivity contribution in [2.45, 2.75) is 25.8 Å². The molecule has 1 aliphatic heterocycles. The first kappa shape index (κ1) is 22.7. The van der Waals surface area contributed by atoms with Gasteiger partial charge in [-0.3, -0.25) is 9.59 Å². The van der Waals surface area contributed by atoms with Crippen molar-refractivity contribution in [2.24, 2.45) is 0 Å². The number of aromatic amines is 1. The number of halogens is 1. The molecule has 0 bridgehead atoms. The van der Waals surface area contributed by atoms with E-state index in [9.17, 15) is 14.7 Å². The number of H-pyrrole nitrogens is 1. The monoisotopic (exact) mass is 468 g/mol. The third-order valence-corrected chi connectivity index (χ3v) is 6.23. The summed E-state index contributed by atoms with van der Waals surface area (Å²) in [5, 5.41) is 12.5. The van der Waals surface area contributed by atoms with Crippen molar-refractivity contribution in [1.82, 2.24) is 9.88 Å². The first-order valence-electron chi connectivity index (χ1n) is 10.7. The molecule has 8 heteroatoms. The molecule has 1 aromatic heterocycles. The number of ketones is 1. The van der Waals surface area contributed by atoms with Gasteiger partial charge in [0.05, 0.1) is 36.4 Å². The van der Waals surface area contributed by atoms with Gasteiger partial charge in [0, 0.05) is 35.3 Å². The second-order valence-corrected chi connectivity index (χ2v) is 8.23. The number of carbonyl (C=O) groups is 2. The van der Waals surface area contributed by atoms with Gasteiger partial charge in [-0.05, 0) is 18.6 Å². The lowest BCUT2D eigenvalue weighted by atomic mass is 9.94. The Morgan fingerprint density at radius 3 is 2.58 bits per heavy atom. The zero-order chi connectivity index (χ0) is 23.7. The van der Waals surface area contributed by atoms with Crippen molar-refractivity contribution in [1.29, 1.82) is 0 Å². The molecule has 2 N–H and O–H groups in total. The standard InChI is InChI=1S/C25H25ClN2O5/c1-4-5-10-28-22(16-13-27-18-9-7-6-8-14(16)18)21(24(30)25(28)31)23(29)15-11-17(26)20(33-3)12-19(15)32-2/h6-9,11-13,22,27,29H,4-5,10H2,1-3H3/b23-21+. The van der Waals surface area contributed by atoms with Crippen molar-refractivity contribution in [3.63, 3.8) is 0 Å². The fourth-order valence-corrected chi connectivity index (χ4v) is 4.51. The number of aromatic nitrogens is 1. The van der Waals surface area contributed by atoms with Gasteiger partial charge in [-0.15, -0.1) is 0 Å². The Hall–Kier alpha value is -3.45. The number of aliphatic hydroxyl groups excluding tert-OH is 1. The van der Waals surface area contributed by atoms with Crippen LogP contribution in [0.3, 0.4) is 0 Å². The van der Waals surface area contributed by atoms with Crippen LogP contribution in [0.4, 0.5) is 0 Å². The molecule has 0 saturated carbocycles. The van der Waals surface area contributed by atoms with Crippen molar-refractivity contribution in [3.8, 4) is 11.5 Å². The average molecular weight is 469 g/mol. The number of hydrogen-bond acceptors (Lipinski definition) is 5. The van der Waals surface area contributed by atoms with Crippen LogP contribution in [0.5, 0.6) is 11.5 Å².